The molecule has 2 saturated heterocycles. The summed E-state index contributed by atoms with van der Waals surface area (Å²) in [5.41, 5.74) is -1.18. The Morgan fingerprint density at radius 3 is 2.40 bits per heavy atom. The van der Waals surface area contributed by atoms with Gasteiger partial charge in [-0.15, -0.1) is 5.10 Å². The third-order valence-electron chi connectivity index (χ3n) is 7.77. The Kier molecular flexibility index (Phi) is 9.91. The predicted octanol–water partition coefficient (Wildman–Crippen LogP) is 4.05. The number of carbonyl (C=O) groups is 2. The number of amides is 2. The number of aromatic nitrogens is 4. The number of rotatable bonds is 6. The van der Waals surface area contributed by atoms with E-state index in [9.17, 15) is 27.6 Å². The Balaban J connectivity index is 1.51. The molecule has 2 fully saturated rings. The number of benzene rings is 1. The number of hydrogen-bond acceptors (Lipinski definition) is 9. The second-order valence-electron chi connectivity index (χ2n) is 12.3. The summed E-state index contributed by atoms with van der Waals surface area (Å²) >= 11 is 6.11. The van der Waals surface area contributed by atoms with Crippen molar-refractivity contribution < 1.29 is 32.2 Å². The Labute approximate surface area is 274 Å². The molecule has 13 nitrogen and oxygen atoms in total. The maximum atomic E-state index is 14.1. The van der Waals surface area contributed by atoms with Gasteiger partial charge in [-0.25, -0.2) is 4.79 Å². The predicted molar refractivity (Wildman–Crippen MR) is 169 cm³/mol. The first-order valence-electron chi connectivity index (χ1n) is 15.4. The molecule has 0 saturated carbocycles. The molecule has 2 amide bonds. The molecular weight excluding hydrogens is 645 g/mol. The van der Waals surface area contributed by atoms with E-state index in [1.165, 1.54) is 4.52 Å². The van der Waals surface area contributed by atoms with Crippen LogP contribution in [0.4, 0.5) is 35.3 Å². The Hall–Kier alpha value is -4.05. The van der Waals surface area contributed by atoms with Gasteiger partial charge in [0.15, 0.2) is 0 Å². The van der Waals surface area contributed by atoms with Gasteiger partial charge in [-0.3, -0.25) is 9.59 Å². The van der Waals surface area contributed by atoms with Crippen LogP contribution >= 0.6 is 11.6 Å². The van der Waals surface area contributed by atoms with Crippen LogP contribution in [0.5, 0.6) is 0 Å². The van der Waals surface area contributed by atoms with Crippen LogP contribution in [-0.4, -0.2) is 94.1 Å². The highest BCUT2D eigenvalue weighted by Gasteiger charge is 2.32. The van der Waals surface area contributed by atoms with E-state index in [0.29, 0.717) is 76.2 Å². The van der Waals surface area contributed by atoms with Gasteiger partial charge in [0.1, 0.15) is 17.8 Å². The lowest BCUT2D eigenvalue weighted by atomic mass is 10.2. The Morgan fingerprint density at radius 2 is 1.77 bits per heavy atom. The summed E-state index contributed by atoms with van der Waals surface area (Å²) in [6.45, 7) is 10.3. The zero-order valence-corrected chi connectivity index (χ0v) is 27.4. The summed E-state index contributed by atoms with van der Waals surface area (Å²) in [5.74, 6) is -0.154. The van der Waals surface area contributed by atoms with Crippen molar-refractivity contribution >= 4 is 46.7 Å². The summed E-state index contributed by atoms with van der Waals surface area (Å²) in [4.78, 5) is 50.3. The van der Waals surface area contributed by atoms with Crippen LogP contribution in [0, 0.1) is 0 Å². The number of ether oxygens (including phenoxy) is 2. The molecule has 2 aliphatic heterocycles. The van der Waals surface area contributed by atoms with Gasteiger partial charge in [-0.05, 0) is 51.8 Å². The average molecular weight is 683 g/mol. The van der Waals surface area contributed by atoms with Crippen LogP contribution in [0.2, 0.25) is 5.02 Å². The van der Waals surface area contributed by atoms with Gasteiger partial charge in [-0.1, -0.05) is 18.5 Å². The van der Waals surface area contributed by atoms with E-state index in [1.807, 2.05) is 16.7 Å². The number of nitrogens with one attached hydrogen (secondary N) is 1. The molecule has 3 aromatic rings. The van der Waals surface area contributed by atoms with Gasteiger partial charge in [-0.2, -0.15) is 22.7 Å². The fourth-order valence-electron chi connectivity index (χ4n) is 5.56. The van der Waals surface area contributed by atoms with Crippen LogP contribution in [0.15, 0.2) is 23.0 Å². The number of piperazine rings is 1. The maximum Gasteiger partial charge on any atom is 0.416 e. The van der Waals surface area contributed by atoms with Crippen LogP contribution in [0.3, 0.4) is 0 Å². The van der Waals surface area contributed by atoms with Crippen molar-refractivity contribution in [2.75, 3.05) is 67.6 Å². The molecule has 0 atom stereocenters. The topological polar surface area (TPSA) is 127 Å². The average Bonchev–Trinajstić information content (AvgIpc) is 3.26. The summed E-state index contributed by atoms with van der Waals surface area (Å²) in [7, 11) is 0. The highest BCUT2D eigenvalue weighted by atomic mass is 35.5. The van der Waals surface area contributed by atoms with Crippen molar-refractivity contribution in [1.82, 2.24) is 24.1 Å². The molecule has 0 aliphatic carbocycles. The lowest BCUT2D eigenvalue weighted by molar-refractivity contribution is -0.137. The number of carbonyl (C=O) groups excluding carboxylic acids is 2. The number of alkyl halides is 3. The largest absolute Gasteiger partial charge is 0.444 e. The second-order valence-corrected chi connectivity index (χ2v) is 12.7. The van der Waals surface area contributed by atoms with E-state index < -0.39 is 34.9 Å². The van der Waals surface area contributed by atoms with Crippen molar-refractivity contribution in [2.24, 2.45) is 0 Å². The first-order valence-corrected chi connectivity index (χ1v) is 15.8. The standard InChI is InChI=1S/C30H38ClF3N8O5/c1-5-22-24(38-10-12-40(13-11-38)28(45)47-29(2,3)4)25(44)42-27(36-26(37-42)39-9-6-15-46-16-14-39)41(22)18-23(43)35-21-8-7-19(17-20(21)31)30(32,33)34/h7-8,17H,5-6,9-16,18H2,1-4H3,(H,35,43). The minimum atomic E-state index is -4.59. The fourth-order valence-corrected chi connectivity index (χ4v) is 5.79. The van der Waals surface area contributed by atoms with Crippen LogP contribution in [0.1, 0.15) is 45.4 Å². The van der Waals surface area contributed by atoms with Crippen LogP contribution in [-0.2, 0) is 33.4 Å². The summed E-state index contributed by atoms with van der Waals surface area (Å²) < 4.78 is 53.3. The normalized spacial score (nSPS) is 16.4. The number of anilines is 3. The number of fused-ring (bicyclic) bond motifs is 1. The zero-order valence-electron chi connectivity index (χ0n) is 26.7. The molecule has 2 aromatic heterocycles. The third-order valence-corrected chi connectivity index (χ3v) is 8.09. The van der Waals surface area contributed by atoms with Gasteiger partial charge in [0.2, 0.25) is 17.6 Å². The van der Waals surface area contributed by atoms with Gasteiger partial charge < -0.3 is 34.1 Å². The molecule has 0 bridgehead atoms. The monoisotopic (exact) mass is 682 g/mol. The highest BCUT2D eigenvalue weighted by Crippen LogP contribution is 2.34. The lowest BCUT2D eigenvalue weighted by Crippen LogP contribution is -2.51. The van der Waals surface area contributed by atoms with Crippen LogP contribution < -0.4 is 20.7 Å². The smallest absolute Gasteiger partial charge is 0.416 e. The zero-order chi connectivity index (χ0) is 34.1. The quantitative estimate of drug-likeness (QED) is 0.410. The third kappa shape index (κ3) is 7.75. The van der Waals surface area contributed by atoms with E-state index in [2.05, 4.69) is 15.4 Å². The van der Waals surface area contributed by atoms with Crippen molar-refractivity contribution in [3.05, 3.63) is 44.8 Å². The summed E-state index contributed by atoms with van der Waals surface area (Å²) in [5, 5.41) is 6.88. The maximum absolute atomic E-state index is 14.1. The van der Waals surface area contributed by atoms with Gasteiger partial charge in [0, 0.05) is 45.9 Å². The second kappa shape index (κ2) is 13.6. The van der Waals surface area contributed by atoms with Crippen molar-refractivity contribution in [2.45, 2.75) is 58.9 Å². The van der Waals surface area contributed by atoms with Crippen molar-refractivity contribution in [1.29, 1.82) is 0 Å². The van der Waals surface area contributed by atoms with Crippen LogP contribution in [0.25, 0.3) is 5.78 Å². The van der Waals surface area contributed by atoms with Gasteiger partial charge >= 0.3 is 12.3 Å². The van der Waals surface area contributed by atoms with Gasteiger partial charge in [0.25, 0.3) is 5.56 Å². The Bertz CT molecular complexity index is 1690. The summed E-state index contributed by atoms with van der Waals surface area (Å²) in [6, 6.07) is 2.68. The molecule has 1 N–H and O–H groups in total. The molecule has 1 aromatic carbocycles. The molecule has 0 spiro atoms. The minimum Gasteiger partial charge on any atom is -0.444 e. The minimum absolute atomic E-state index is 0.00462. The number of halogens is 4. The SMILES string of the molecule is CCc1c(N2CCN(C(=O)OC(C)(C)C)CC2)c(=O)n2nc(N3CCCOCC3)nc2n1CC(=O)Nc1ccc(C(F)(F)F)cc1Cl. The molecule has 4 heterocycles. The van der Waals surface area contributed by atoms with Gasteiger partial charge in [0.05, 0.1) is 28.6 Å². The molecule has 5 rings (SSSR count). The molecule has 47 heavy (non-hydrogen) atoms. The molecule has 256 valence electrons. The fraction of sp³-hybridized carbons (Fsp3) is 0.567. The first kappa shape index (κ1) is 34.3. The first-order chi connectivity index (χ1) is 22.2. The van der Waals surface area contributed by atoms with Crippen molar-refractivity contribution in [3.8, 4) is 0 Å². The molecule has 0 unspecified atom stereocenters. The number of nitrogens with zero attached hydrogens (tertiary/aromatic N) is 7. The molecule has 17 heteroatoms. The van der Waals surface area contributed by atoms with E-state index in [1.54, 1.807) is 30.2 Å². The number of hydrogen-bond donors (Lipinski definition) is 1. The summed E-state index contributed by atoms with van der Waals surface area (Å²) in [6.07, 6.45) is -3.96. The molecule has 2 aliphatic rings. The van der Waals surface area contributed by atoms with E-state index in [-0.39, 0.29) is 23.0 Å². The highest BCUT2D eigenvalue weighted by molar-refractivity contribution is 6.33. The lowest BCUT2D eigenvalue weighted by Gasteiger charge is -2.37. The van der Waals surface area contributed by atoms with E-state index in [4.69, 9.17) is 21.1 Å². The van der Waals surface area contributed by atoms with E-state index >= 15 is 0 Å². The molecular formula is C30H38ClF3N8O5. The van der Waals surface area contributed by atoms with E-state index in [0.717, 1.165) is 24.6 Å². The Morgan fingerprint density at radius 1 is 1.04 bits per heavy atom. The molecule has 0 radical (unpaired) electrons. The van der Waals surface area contributed by atoms with Crippen molar-refractivity contribution in [3.63, 3.8) is 0 Å².